The fourth-order valence-corrected chi connectivity index (χ4v) is 5.13. The third kappa shape index (κ3) is 8.59. The van der Waals surface area contributed by atoms with Gasteiger partial charge < -0.3 is 0 Å². The summed E-state index contributed by atoms with van der Waals surface area (Å²) < 4.78 is 0. The Bertz CT molecular complexity index is 245. The lowest BCUT2D eigenvalue weighted by Gasteiger charge is -2.33. The van der Waals surface area contributed by atoms with Crippen LogP contribution in [0.15, 0.2) is 0 Å². The lowest BCUT2D eigenvalue weighted by atomic mass is 9.73. The monoisotopic (exact) mass is 320 g/mol. The van der Waals surface area contributed by atoms with Crippen LogP contribution in [0.25, 0.3) is 0 Å². The highest BCUT2D eigenvalue weighted by molar-refractivity contribution is 4.77. The molecule has 2 saturated carbocycles. The molecule has 0 N–H and O–H groups in total. The summed E-state index contributed by atoms with van der Waals surface area (Å²) in [5, 5.41) is 0. The first-order valence-electron chi connectivity index (χ1n) is 11.4. The average molecular weight is 321 g/mol. The van der Waals surface area contributed by atoms with E-state index in [4.69, 9.17) is 0 Å². The van der Waals surface area contributed by atoms with E-state index in [1.807, 2.05) is 0 Å². The van der Waals surface area contributed by atoms with Crippen LogP contribution in [0, 0.1) is 17.8 Å². The van der Waals surface area contributed by atoms with E-state index >= 15 is 0 Å². The molecule has 0 spiro atoms. The van der Waals surface area contributed by atoms with Gasteiger partial charge >= 0.3 is 0 Å². The lowest BCUT2D eigenvalue weighted by molar-refractivity contribution is 0.187. The Morgan fingerprint density at radius 3 is 1.04 bits per heavy atom. The minimum absolute atomic E-state index is 1.01. The van der Waals surface area contributed by atoms with E-state index in [1.165, 1.54) is 96.3 Å². The summed E-state index contributed by atoms with van der Waals surface area (Å²) in [7, 11) is 0. The first-order valence-corrected chi connectivity index (χ1v) is 11.4. The molecule has 0 heteroatoms. The summed E-state index contributed by atoms with van der Waals surface area (Å²) in [6.45, 7) is 2.47. The van der Waals surface area contributed by atoms with Crippen LogP contribution < -0.4 is 0 Å². The molecule has 0 aliphatic heterocycles. The molecule has 0 bridgehead atoms. The van der Waals surface area contributed by atoms with Crippen LogP contribution in [0.4, 0.5) is 0 Å². The Morgan fingerprint density at radius 1 is 0.348 bits per heavy atom. The van der Waals surface area contributed by atoms with Gasteiger partial charge in [-0.25, -0.2) is 0 Å². The number of hydrogen-bond acceptors (Lipinski definition) is 0. The van der Waals surface area contributed by atoms with Crippen molar-refractivity contribution in [2.45, 2.75) is 129 Å². The SMILES string of the molecule is CC1CCC(C2CCCCCCCCCCCCCCC2)CC1. The summed E-state index contributed by atoms with van der Waals surface area (Å²) in [6, 6.07) is 0. The van der Waals surface area contributed by atoms with E-state index in [0.717, 1.165) is 17.8 Å². The first kappa shape index (κ1) is 19.3. The predicted molar refractivity (Wildman–Crippen MR) is 104 cm³/mol. The zero-order chi connectivity index (χ0) is 16.2. The van der Waals surface area contributed by atoms with Crippen molar-refractivity contribution in [3.05, 3.63) is 0 Å². The molecule has 2 rings (SSSR count). The molecule has 23 heavy (non-hydrogen) atoms. The number of hydrogen-bond donors (Lipinski definition) is 0. The minimum Gasteiger partial charge on any atom is -0.0625 e. The summed E-state index contributed by atoms with van der Waals surface area (Å²) in [5.74, 6) is 3.18. The fraction of sp³-hybridized carbons (Fsp3) is 1.00. The molecule has 0 radical (unpaired) electrons. The zero-order valence-electron chi connectivity index (χ0n) is 16.2. The number of rotatable bonds is 1. The smallest absolute Gasteiger partial charge is 0.0386 e. The van der Waals surface area contributed by atoms with E-state index in [1.54, 1.807) is 25.7 Å². The standard InChI is InChI=1S/C23H44/c1-21-17-19-23(20-18-21)22-15-13-11-9-7-5-3-2-4-6-8-10-12-14-16-22/h21-23H,2-20H2,1H3. The van der Waals surface area contributed by atoms with Crippen LogP contribution in [0.5, 0.6) is 0 Å². The molecular weight excluding hydrogens is 276 g/mol. The Hall–Kier alpha value is 0. The zero-order valence-corrected chi connectivity index (χ0v) is 16.2. The highest BCUT2D eigenvalue weighted by Crippen LogP contribution is 2.38. The summed E-state index contributed by atoms with van der Waals surface area (Å²) in [4.78, 5) is 0. The van der Waals surface area contributed by atoms with Crippen LogP contribution in [0.2, 0.25) is 0 Å². The lowest BCUT2D eigenvalue weighted by Crippen LogP contribution is -2.21. The van der Waals surface area contributed by atoms with Crippen LogP contribution in [0.1, 0.15) is 129 Å². The van der Waals surface area contributed by atoms with E-state index in [9.17, 15) is 0 Å². The largest absolute Gasteiger partial charge is 0.0625 e. The molecule has 136 valence electrons. The van der Waals surface area contributed by atoms with Crippen molar-refractivity contribution < 1.29 is 0 Å². The van der Waals surface area contributed by atoms with Crippen LogP contribution in [-0.4, -0.2) is 0 Å². The van der Waals surface area contributed by atoms with Gasteiger partial charge in [-0.1, -0.05) is 116 Å². The van der Waals surface area contributed by atoms with Gasteiger partial charge in [0.05, 0.1) is 0 Å². The van der Waals surface area contributed by atoms with Crippen LogP contribution in [-0.2, 0) is 0 Å². The molecule has 0 aromatic heterocycles. The van der Waals surface area contributed by atoms with E-state index in [0.29, 0.717) is 0 Å². The molecule has 0 amide bonds. The second-order valence-electron chi connectivity index (χ2n) is 8.95. The second-order valence-corrected chi connectivity index (χ2v) is 8.95. The van der Waals surface area contributed by atoms with Gasteiger partial charge in [-0.05, 0) is 30.6 Å². The van der Waals surface area contributed by atoms with Gasteiger partial charge in [0.1, 0.15) is 0 Å². The van der Waals surface area contributed by atoms with E-state index in [-0.39, 0.29) is 0 Å². The molecule has 0 heterocycles. The van der Waals surface area contributed by atoms with Crippen molar-refractivity contribution in [3.63, 3.8) is 0 Å². The molecule has 2 aliphatic rings. The van der Waals surface area contributed by atoms with Crippen molar-refractivity contribution >= 4 is 0 Å². The summed E-state index contributed by atoms with van der Waals surface area (Å²) >= 11 is 0. The molecule has 2 fully saturated rings. The van der Waals surface area contributed by atoms with Gasteiger partial charge in [0.15, 0.2) is 0 Å². The normalized spacial score (nSPS) is 31.7. The summed E-state index contributed by atoms with van der Waals surface area (Å²) in [5.41, 5.74) is 0. The predicted octanol–water partition coefficient (Wildman–Crippen LogP) is 8.29. The van der Waals surface area contributed by atoms with Crippen LogP contribution in [0.3, 0.4) is 0 Å². The van der Waals surface area contributed by atoms with Gasteiger partial charge in [0.2, 0.25) is 0 Å². The van der Waals surface area contributed by atoms with Gasteiger partial charge in [0, 0.05) is 0 Å². The summed E-state index contributed by atoms with van der Waals surface area (Å²) in [6.07, 6.45) is 28.9. The maximum Gasteiger partial charge on any atom is -0.0386 e. The Morgan fingerprint density at radius 2 is 0.652 bits per heavy atom. The first-order chi connectivity index (χ1) is 11.4. The molecule has 0 unspecified atom stereocenters. The van der Waals surface area contributed by atoms with Crippen molar-refractivity contribution in [2.75, 3.05) is 0 Å². The Labute approximate surface area is 147 Å². The second kappa shape index (κ2) is 12.4. The maximum absolute atomic E-state index is 2.47. The maximum atomic E-state index is 2.47. The van der Waals surface area contributed by atoms with Crippen molar-refractivity contribution in [1.29, 1.82) is 0 Å². The van der Waals surface area contributed by atoms with Gasteiger partial charge in [-0.15, -0.1) is 0 Å². The quantitative estimate of drug-likeness (QED) is 0.456. The highest BCUT2D eigenvalue weighted by atomic mass is 14.3. The van der Waals surface area contributed by atoms with Gasteiger partial charge in [0.25, 0.3) is 0 Å². The van der Waals surface area contributed by atoms with Crippen molar-refractivity contribution in [1.82, 2.24) is 0 Å². The molecule has 0 saturated heterocycles. The molecular formula is C23H44. The van der Waals surface area contributed by atoms with E-state index in [2.05, 4.69) is 6.92 Å². The Balaban J connectivity index is 1.73. The molecule has 0 aromatic rings. The van der Waals surface area contributed by atoms with Crippen molar-refractivity contribution in [3.8, 4) is 0 Å². The third-order valence-electron chi connectivity index (χ3n) is 6.88. The Kier molecular flexibility index (Phi) is 10.4. The fourth-order valence-electron chi connectivity index (χ4n) is 5.13. The van der Waals surface area contributed by atoms with Crippen molar-refractivity contribution in [2.24, 2.45) is 17.8 Å². The molecule has 0 atom stereocenters. The topological polar surface area (TPSA) is 0 Å². The highest BCUT2D eigenvalue weighted by Gasteiger charge is 2.25. The molecule has 0 nitrogen and oxygen atoms in total. The van der Waals surface area contributed by atoms with Crippen LogP contribution >= 0.6 is 0 Å². The van der Waals surface area contributed by atoms with Gasteiger partial charge in [-0.3, -0.25) is 0 Å². The third-order valence-corrected chi connectivity index (χ3v) is 6.88. The van der Waals surface area contributed by atoms with E-state index < -0.39 is 0 Å². The minimum atomic E-state index is 1.01. The molecule has 0 aromatic carbocycles. The molecule has 2 aliphatic carbocycles. The average Bonchev–Trinajstić information content (AvgIpc) is 2.56. The van der Waals surface area contributed by atoms with Gasteiger partial charge in [-0.2, -0.15) is 0 Å².